The summed E-state index contributed by atoms with van der Waals surface area (Å²) >= 11 is 0. The zero-order valence-corrected chi connectivity index (χ0v) is 19.0. The van der Waals surface area contributed by atoms with Crippen LogP contribution >= 0.6 is 0 Å². The Labute approximate surface area is 189 Å². The molecule has 5 aliphatic heterocycles. The third-order valence-corrected chi connectivity index (χ3v) is 10.3. The molecule has 2 spiro atoms. The van der Waals surface area contributed by atoms with Crippen LogP contribution in [-0.2, 0) is 28.4 Å². The summed E-state index contributed by atoms with van der Waals surface area (Å²) in [7, 11) is 0. The van der Waals surface area contributed by atoms with Crippen LogP contribution < -0.4 is 0 Å². The molecule has 3 saturated carbocycles. The first-order valence-corrected chi connectivity index (χ1v) is 12.7. The molecular weight excluding hydrogens is 412 g/mol. The Morgan fingerprint density at radius 2 is 1.72 bits per heavy atom. The van der Waals surface area contributed by atoms with Crippen molar-refractivity contribution >= 4 is 0 Å². The van der Waals surface area contributed by atoms with Gasteiger partial charge in [-0.1, -0.05) is 13.0 Å². The van der Waals surface area contributed by atoms with E-state index in [4.69, 9.17) is 28.4 Å². The first-order valence-electron chi connectivity index (χ1n) is 12.7. The molecule has 0 aromatic carbocycles. The third kappa shape index (κ3) is 2.73. The van der Waals surface area contributed by atoms with Crippen LogP contribution in [0.15, 0.2) is 11.6 Å². The SMILES string of the molecule is C[C@@]12CC=C3[C@H]4CCC5CC67OCCOC(COC(O)O[C@@]35CC6OCCO7)[C@H]1CC[C@@H]42. The molecule has 32 heavy (non-hydrogen) atoms. The van der Waals surface area contributed by atoms with Gasteiger partial charge in [-0.25, -0.2) is 0 Å². The average molecular weight is 449 g/mol. The summed E-state index contributed by atoms with van der Waals surface area (Å²) in [5.74, 6) is 0.964. The highest BCUT2D eigenvalue weighted by Crippen LogP contribution is 2.66. The maximum absolute atomic E-state index is 11.0. The molecule has 0 amide bonds. The van der Waals surface area contributed by atoms with Gasteiger partial charge in [0.15, 0.2) is 5.79 Å². The lowest BCUT2D eigenvalue weighted by atomic mass is 9.51. The molecule has 7 heteroatoms. The van der Waals surface area contributed by atoms with Crippen molar-refractivity contribution < 1.29 is 33.5 Å². The van der Waals surface area contributed by atoms with Crippen LogP contribution in [0.5, 0.6) is 0 Å². The van der Waals surface area contributed by atoms with Crippen molar-refractivity contribution in [3.8, 4) is 0 Å². The van der Waals surface area contributed by atoms with E-state index in [-0.39, 0.29) is 23.5 Å². The molecule has 0 radical (unpaired) electrons. The lowest BCUT2D eigenvalue weighted by molar-refractivity contribution is -0.381. The van der Waals surface area contributed by atoms with Gasteiger partial charge in [-0.2, -0.15) is 0 Å². The van der Waals surface area contributed by atoms with E-state index in [0.29, 0.717) is 63.6 Å². The Hall–Kier alpha value is -0.540. The Morgan fingerprint density at radius 3 is 2.59 bits per heavy atom. The van der Waals surface area contributed by atoms with Crippen molar-refractivity contribution in [2.75, 3.05) is 33.0 Å². The molecule has 4 aliphatic carbocycles. The molecule has 4 saturated heterocycles. The normalized spacial score (nSPS) is 56.9. The molecule has 1 N–H and O–H groups in total. The van der Waals surface area contributed by atoms with Gasteiger partial charge in [-0.05, 0) is 66.8 Å². The van der Waals surface area contributed by atoms with Crippen LogP contribution in [0, 0.1) is 29.1 Å². The summed E-state index contributed by atoms with van der Waals surface area (Å²) in [5, 5.41) is 11.0. The summed E-state index contributed by atoms with van der Waals surface area (Å²) in [6, 6.07) is 0. The molecule has 0 aromatic rings. The molecule has 7 fully saturated rings. The molecule has 5 unspecified atom stereocenters. The summed E-state index contributed by atoms with van der Waals surface area (Å²) < 4.78 is 38.1. The number of rotatable bonds is 0. The molecule has 5 heterocycles. The zero-order chi connectivity index (χ0) is 21.6. The van der Waals surface area contributed by atoms with Gasteiger partial charge >= 0.3 is 0 Å². The second-order valence-corrected chi connectivity index (χ2v) is 11.4. The number of hydrogen-bond acceptors (Lipinski definition) is 7. The molecule has 10 atom stereocenters. The number of aliphatic hydroxyl groups is 1. The van der Waals surface area contributed by atoms with Crippen molar-refractivity contribution in [3.05, 3.63) is 11.6 Å². The molecule has 9 aliphatic rings. The molecule has 0 aromatic heterocycles. The maximum atomic E-state index is 11.0. The smallest absolute Gasteiger partial charge is 0.270 e. The fraction of sp³-hybridized carbons (Fsp3) is 0.920. The van der Waals surface area contributed by atoms with Gasteiger partial charge in [0.25, 0.3) is 6.48 Å². The van der Waals surface area contributed by atoms with Crippen molar-refractivity contribution in [2.45, 2.75) is 81.9 Å². The minimum atomic E-state index is -1.27. The van der Waals surface area contributed by atoms with Crippen LogP contribution in [0.25, 0.3) is 0 Å². The fourth-order valence-corrected chi connectivity index (χ4v) is 8.95. The minimum Gasteiger partial charge on any atom is -0.373 e. The van der Waals surface area contributed by atoms with E-state index in [9.17, 15) is 5.11 Å². The van der Waals surface area contributed by atoms with Gasteiger partial charge in [-0.3, -0.25) is 0 Å². The standard InChI is InChI=1S/C25H36O7/c1-23-7-6-18-16-3-2-15-12-25-21(28-9-11-31-25)13-24(15,18)32-22(26)29-14-20(27-8-10-30-25)19(23)5-4-17(16)23/h6,15-17,19-22,26H,2-5,7-14H2,1H3/t15?,16-,17-,19+,20?,21?,22?,23-,24+,25?/m0/s1. The largest absolute Gasteiger partial charge is 0.373 e. The second-order valence-electron chi connectivity index (χ2n) is 11.4. The molecule has 9 rings (SSSR count). The molecular formula is C25H36O7. The van der Waals surface area contributed by atoms with Crippen molar-refractivity contribution in [2.24, 2.45) is 29.1 Å². The van der Waals surface area contributed by atoms with Crippen molar-refractivity contribution in [1.82, 2.24) is 0 Å². The lowest BCUT2D eigenvalue weighted by Crippen LogP contribution is -2.67. The van der Waals surface area contributed by atoms with E-state index >= 15 is 0 Å². The van der Waals surface area contributed by atoms with E-state index in [1.165, 1.54) is 18.4 Å². The number of hydrogen-bond donors (Lipinski definition) is 1. The Balaban J connectivity index is 1.42. The molecule has 7 nitrogen and oxygen atoms in total. The van der Waals surface area contributed by atoms with Gasteiger partial charge < -0.3 is 33.5 Å². The molecule has 178 valence electrons. The van der Waals surface area contributed by atoms with E-state index in [1.54, 1.807) is 0 Å². The number of aliphatic hydroxyl groups excluding tert-OH is 1. The average Bonchev–Trinajstić information content (AvgIpc) is 3.13. The van der Waals surface area contributed by atoms with Gasteiger partial charge in [0.1, 0.15) is 11.7 Å². The summed E-state index contributed by atoms with van der Waals surface area (Å²) in [6.07, 6.45) is 9.16. The predicted molar refractivity (Wildman–Crippen MR) is 112 cm³/mol. The van der Waals surface area contributed by atoms with E-state index in [1.807, 2.05) is 0 Å². The fourth-order valence-electron chi connectivity index (χ4n) is 8.95. The van der Waals surface area contributed by atoms with E-state index < -0.39 is 17.9 Å². The van der Waals surface area contributed by atoms with Crippen molar-refractivity contribution in [1.29, 1.82) is 0 Å². The maximum Gasteiger partial charge on any atom is 0.270 e. The highest BCUT2D eigenvalue weighted by atomic mass is 16.8. The van der Waals surface area contributed by atoms with E-state index in [0.717, 1.165) is 19.3 Å². The van der Waals surface area contributed by atoms with Gasteiger partial charge in [0.2, 0.25) is 0 Å². The zero-order valence-electron chi connectivity index (χ0n) is 19.0. The van der Waals surface area contributed by atoms with Gasteiger partial charge in [0, 0.05) is 12.8 Å². The molecule has 8 bridgehead atoms. The quantitative estimate of drug-likeness (QED) is 0.571. The number of allylic oxidation sites excluding steroid dienone is 1. The number of fused-ring (bicyclic) bond motifs is 4. The summed E-state index contributed by atoms with van der Waals surface area (Å²) in [4.78, 5) is 0. The monoisotopic (exact) mass is 448 g/mol. The first-order chi connectivity index (χ1) is 15.5. The predicted octanol–water partition coefficient (Wildman–Crippen LogP) is 2.76. The number of ether oxygens (including phenoxy) is 6. The highest BCUT2D eigenvalue weighted by Gasteiger charge is 2.66. The Morgan fingerprint density at radius 1 is 0.906 bits per heavy atom. The van der Waals surface area contributed by atoms with Crippen molar-refractivity contribution in [3.63, 3.8) is 0 Å². The second kappa shape index (κ2) is 7.23. The Bertz CT molecular complexity index is 801. The van der Waals surface area contributed by atoms with Crippen LogP contribution in [0.3, 0.4) is 0 Å². The van der Waals surface area contributed by atoms with Gasteiger partial charge in [0.05, 0.1) is 39.1 Å². The lowest BCUT2D eigenvalue weighted by Gasteiger charge is -2.61. The third-order valence-electron chi connectivity index (χ3n) is 10.3. The topological polar surface area (TPSA) is 75.6 Å². The van der Waals surface area contributed by atoms with Crippen LogP contribution in [0.1, 0.15) is 51.9 Å². The summed E-state index contributed by atoms with van der Waals surface area (Å²) in [6.45, 7) is 3.60. The first kappa shape index (κ1) is 20.8. The highest BCUT2D eigenvalue weighted by molar-refractivity contribution is 5.33. The van der Waals surface area contributed by atoms with Gasteiger partial charge in [-0.15, -0.1) is 0 Å². The van der Waals surface area contributed by atoms with E-state index in [2.05, 4.69) is 13.0 Å². The van der Waals surface area contributed by atoms with Crippen LogP contribution in [0.4, 0.5) is 0 Å². The summed E-state index contributed by atoms with van der Waals surface area (Å²) in [5.41, 5.74) is 0.993. The van der Waals surface area contributed by atoms with Crippen LogP contribution in [0.2, 0.25) is 0 Å². The van der Waals surface area contributed by atoms with Crippen LogP contribution in [-0.4, -0.2) is 68.2 Å². The Kier molecular flexibility index (Phi) is 4.70. The minimum absolute atomic E-state index is 0.0803.